The number of nitrogens with one attached hydrogen (secondary N) is 1. The monoisotopic (exact) mass is 254 g/mol. The standard InChI is InChI=1S/C16H34N2/c1-4-9-16(10-5-2)13-17-15(3)14-18-11-7-6-8-12-18/h15-17H,4-14H2,1-3H3. The van der Waals surface area contributed by atoms with Gasteiger partial charge in [0.1, 0.15) is 0 Å². The van der Waals surface area contributed by atoms with Crippen LogP contribution in [0.25, 0.3) is 0 Å². The first-order valence-corrected chi connectivity index (χ1v) is 8.22. The van der Waals surface area contributed by atoms with E-state index in [4.69, 9.17) is 0 Å². The minimum atomic E-state index is 0.652. The van der Waals surface area contributed by atoms with E-state index < -0.39 is 0 Å². The Kier molecular flexibility index (Phi) is 8.70. The minimum absolute atomic E-state index is 0.652. The van der Waals surface area contributed by atoms with Crippen LogP contribution in [-0.4, -0.2) is 37.1 Å². The molecule has 1 unspecified atom stereocenters. The lowest BCUT2D eigenvalue weighted by Gasteiger charge is -2.30. The third-order valence-corrected chi connectivity index (χ3v) is 4.13. The summed E-state index contributed by atoms with van der Waals surface area (Å²) < 4.78 is 0. The van der Waals surface area contributed by atoms with E-state index in [9.17, 15) is 0 Å². The topological polar surface area (TPSA) is 15.3 Å². The molecule has 0 aromatic rings. The zero-order valence-electron chi connectivity index (χ0n) is 12.9. The van der Waals surface area contributed by atoms with E-state index in [0.29, 0.717) is 6.04 Å². The summed E-state index contributed by atoms with van der Waals surface area (Å²) in [5.74, 6) is 0.892. The third-order valence-electron chi connectivity index (χ3n) is 4.13. The molecule has 1 atom stereocenters. The van der Waals surface area contributed by atoms with Crippen molar-refractivity contribution in [2.45, 2.75) is 71.8 Å². The van der Waals surface area contributed by atoms with Crippen LogP contribution < -0.4 is 5.32 Å². The Morgan fingerprint density at radius 1 is 1.00 bits per heavy atom. The van der Waals surface area contributed by atoms with Crippen LogP contribution in [0.5, 0.6) is 0 Å². The average molecular weight is 254 g/mol. The molecule has 1 aliphatic rings. The number of hydrogen-bond donors (Lipinski definition) is 1. The highest BCUT2D eigenvalue weighted by Crippen LogP contribution is 2.13. The zero-order chi connectivity index (χ0) is 13.2. The molecule has 1 rings (SSSR count). The molecule has 0 amide bonds. The highest BCUT2D eigenvalue weighted by molar-refractivity contribution is 4.72. The molecule has 2 nitrogen and oxygen atoms in total. The molecule has 0 aliphatic carbocycles. The maximum atomic E-state index is 3.76. The van der Waals surface area contributed by atoms with E-state index in [1.807, 2.05) is 0 Å². The van der Waals surface area contributed by atoms with Crippen LogP contribution in [0.2, 0.25) is 0 Å². The molecule has 0 spiro atoms. The molecule has 2 heteroatoms. The molecule has 0 aromatic heterocycles. The third kappa shape index (κ3) is 6.75. The van der Waals surface area contributed by atoms with E-state index in [-0.39, 0.29) is 0 Å². The molecule has 0 saturated carbocycles. The molecule has 18 heavy (non-hydrogen) atoms. The van der Waals surface area contributed by atoms with Gasteiger partial charge in [0.15, 0.2) is 0 Å². The van der Waals surface area contributed by atoms with Gasteiger partial charge in [-0.05, 0) is 58.2 Å². The van der Waals surface area contributed by atoms with E-state index in [2.05, 4.69) is 31.0 Å². The van der Waals surface area contributed by atoms with Crippen molar-refractivity contribution < 1.29 is 0 Å². The number of piperidine rings is 1. The fraction of sp³-hybridized carbons (Fsp3) is 1.00. The zero-order valence-corrected chi connectivity index (χ0v) is 12.9. The Morgan fingerprint density at radius 3 is 2.17 bits per heavy atom. The quantitative estimate of drug-likeness (QED) is 0.675. The van der Waals surface area contributed by atoms with E-state index in [1.165, 1.54) is 71.1 Å². The summed E-state index contributed by atoms with van der Waals surface area (Å²) in [6.07, 6.45) is 9.67. The molecule has 1 fully saturated rings. The van der Waals surface area contributed by atoms with Crippen molar-refractivity contribution in [3.05, 3.63) is 0 Å². The van der Waals surface area contributed by atoms with Gasteiger partial charge in [-0.25, -0.2) is 0 Å². The summed E-state index contributed by atoms with van der Waals surface area (Å²) in [6.45, 7) is 12.1. The highest BCUT2D eigenvalue weighted by atomic mass is 15.1. The Bertz CT molecular complexity index is 182. The normalized spacial score (nSPS) is 19.3. The van der Waals surface area contributed by atoms with Gasteiger partial charge in [0.2, 0.25) is 0 Å². The first-order valence-electron chi connectivity index (χ1n) is 8.22. The van der Waals surface area contributed by atoms with Gasteiger partial charge < -0.3 is 10.2 Å². The maximum absolute atomic E-state index is 3.76. The number of likely N-dealkylation sites (tertiary alicyclic amines) is 1. The first-order chi connectivity index (χ1) is 8.76. The van der Waals surface area contributed by atoms with E-state index in [0.717, 1.165) is 5.92 Å². The lowest BCUT2D eigenvalue weighted by Crippen LogP contribution is -2.42. The summed E-state index contributed by atoms with van der Waals surface area (Å²) in [7, 11) is 0. The van der Waals surface area contributed by atoms with Gasteiger partial charge >= 0.3 is 0 Å². The van der Waals surface area contributed by atoms with Crippen molar-refractivity contribution in [3.63, 3.8) is 0 Å². The molecular weight excluding hydrogens is 220 g/mol. The van der Waals surface area contributed by atoms with Crippen molar-refractivity contribution in [2.24, 2.45) is 5.92 Å². The first kappa shape index (κ1) is 16.0. The van der Waals surface area contributed by atoms with Crippen LogP contribution in [0.4, 0.5) is 0 Å². The second-order valence-electron chi connectivity index (χ2n) is 6.11. The Labute approximate surface area is 115 Å². The van der Waals surface area contributed by atoms with Gasteiger partial charge in [-0.15, -0.1) is 0 Å². The largest absolute Gasteiger partial charge is 0.313 e. The second-order valence-corrected chi connectivity index (χ2v) is 6.11. The summed E-state index contributed by atoms with van der Waals surface area (Å²) in [4.78, 5) is 2.63. The Balaban J connectivity index is 2.15. The lowest BCUT2D eigenvalue weighted by atomic mass is 9.98. The molecule has 0 radical (unpaired) electrons. The van der Waals surface area contributed by atoms with E-state index in [1.54, 1.807) is 0 Å². The van der Waals surface area contributed by atoms with Crippen molar-refractivity contribution in [1.29, 1.82) is 0 Å². The van der Waals surface area contributed by atoms with Crippen LogP contribution in [0.15, 0.2) is 0 Å². The van der Waals surface area contributed by atoms with Gasteiger partial charge in [0.05, 0.1) is 0 Å². The van der Waals surface area contributed by atoms with Crippen molar-refractivity contribution in [1.82, 2.24) is 10.2 Å². The lowest BCUT2D eigenvalue weighted by molar-refractivity contribution is 0.206. The van der Waals surface area contributed by atoms with Gasteiger partial charge in [-0.3, -0.25) is 0 Å². The highest BCUT2D eigenvalue weighted by Gasteiger charge is 2.14. The molecular formula is C16H34N2. The molecule has 1 heterocycles. The van der Waals surface area contributed by atoms with Gasteiger partial charge in [-0.1, -0.05) is 33.1 Å². The summed E-state index contributed by atoms with van der Waals surface area (Å²) in [6, 6.07) is 0.652. The molecule has 1 aliphatic heterocycles. The average Bonchev–Trinajstić information content (AvgIpc) is 2.38. The van der Waals surface area contributed by atoms with E-state index >= 15 is 0 Å². The van der Waals surface area contributed by atoms with Crippen molar-refractivity contribution in [2.75, 3.05) is 26.2 Å². The fourth-order valence-electron chi connectivity index (χ4n) is 3.13. The van der Waals surface area contributed by atoms with Crippen LogP contribution in [0, 0.1) is 5.92 Å². The minimum Gasteiger partial charge on any atom is -0.313 e. The van der Waals surface area contributed by atoms with Gasteiger partial charge in [0.25, 0.3) is 0 Å². The molecule has 1 saturated heterocycles. The summed E-state index contributed by atoms with van der Waals surface area (Å²) in [5, 5.41) is 3.76. The van der Waals surface area contributed by atoms with Crippen LogP contribution in [-0.2, 0) is 0 Å². The molecule has 0 bridgehead atoms. The maximum Gasteiger partial charge on any atom is 0.0166 e. The van der Waals surface area contributed by atoms with Crippen LogP contribution >= 0.6 is 0 Å². The SMILES string of the molecule is CCCC(CCC)CNC(C)CN1CCCCC1. The van der Waals surface area contributed by atoms with Crippen LogP contribution in [0.3, 0.4) is 0 Å². The number of nitrogens with zero attached hydrogens (tertiary/aromatic N) is 1. The van der Waals surface area contributed by atoms with Gasteiger partial charge in [0, 0.05) is 12.6 Å². The number of hydrogen-bond acceptors (Lipinski definition) is 2. The van der Waals surface area contributed by atoms with Crippen LogP contribution in [0.1, 0.15) is 65.7 Å². The molecule has 1 N–H and O–H groups in total. The Morgan fingerprint density at radius 2 is 1.61 bits per heavy atom. The Hall–Kier alpha value is -0.0800. The smallest absolute Gasteiger partial charge is 0.0166 e. The number of rotatable bonds is 9. The summed E-state index contributed by atoms with van der Waals surface area (Å²) in [5.41, 5.74) is 0. The fourth-order valence-corrected chi connectivity index (χ4v) is 3.13. The van der Waals surface area contributed by atoms with Crippen molar-refractivity contribution >= 4 is 0 Å². The molecule has 0 aromatic carbocycles. The van der Waals surface area contributed by atoms with Gasteiger partial charge in [-0.2, -0.15) is 0 Å². The predicted molar refractivity (Wildman–Crippen MR) is 81.1 cm³/mol. The second kappa shape index (κ2) is 9.80. The summed E-state index contributed by atoms with van der Waals surface area (Å²) >= 11 is 0. The molecule has 108 valence electrons. The van der Waals surface area contributed by atoms with Crippen molar-refractivity contribution in [3.8, 4) is 0 Å². The predicted octanol–water partition coefficient (Wildman–Crippen LogP) is 3.67.